The largest absolute Gasteiger partial charge is 0.329 e. The number of nitrogens with two attached hydrogens (primary N) is 1. The Kier molecular flexibility index (Phi) is 4.94. The average Bonchev–Trinajstić information content (AvgIpc) is 2.63. The van der Waals surface area contributed by atoms with Crippen LogP contribution in [0.5, 0.6) is 0 Å². The number of hydrogen-bond donors (Lipinski definition) is 2. The third kappa shape index (κ3) is 4.05. The highest BCUT2D eigenvalue weighted by Crippen LogP contribution is 2.24. The van der Waals surface area contributed by atoms with E-state index in [0.29, 0.717) is 16.5 Å². The lowest BCUT2D eigenvalue weighted by Gasteiger charge is -2.30. The number of sulfonamides is 1. The van der Waals surface area contributed by atoms with Crippen LogP contribution in [0.15, 0.2) is 16.3 Å². The molecule has 0 bridgehead atoms. The summed E-state index contributed by atoms with van der Waals surface area (Å²) in [6, 6.07) is 3.44. The smallest absolute Gasteiger partial charge is 0.250 e. The second-order valence-electron chi connectivity index (χ2n) is 5.33. The van der Waals surface area contributed by atoms with Crippen LogP contribution in [0.25, 0.3) is 0 Å². The van der Waals surface area contributed by atoms with Crippen molar-refractivity contribution in [1.29, 1.82) is 0 Å². The Labute approximate surface area is 114 Å². The number of thiophene rings is 1. The minimum absolute atomic E-state index is 0.286. The van der Waals surface area contributed by atoms with Crippen molar-refractivity contribution in [3.8, 4) is 0 Å². The molecule has 0 amide bonds. The van der Waals surface area contributed by atoms with Gasteiger partial charge in [0.05, 0.1) is 0 Å². The molecule has 0 aliphatic rings. The number of hydrogen-bond acceptors (Lipinski definition) is 4. The second kappa shape index (κ2) is 5.69. The summed E-state index contributed by atoms with van der Waals surface area (Å²) in [5.41, 5.74) is 5.13. The Hall–Kier alpha value is -0.430. The average molecular weight is 290 g/mol. The van der Waals surface area contributed by atoms with Gasteiger partial charge in [0.1, 0.15) is 4.21 Å². The van der Waals surface area contributed by atoms with Crippen molar-refractivity contribution in [2.75, 3.05) is 6.54 Å². The number of rotatable bonds is 6. The molecule has 0 aromatic carbocycles. The van der Waals surface area contributed by atoms with Gasteiger partial charge in [0.25, 0.3) is 10.0 Å². The van der Waals surface area contributed by atoms with Crippen LogP contribution in [0, 0.1) is 12.8 Å². The highest BCUT2D eigenvalue weighted by molar-refractivity contribution is 7.91. The third-order valence-electron chi connectivity index (χ3n) is 2.67. The van der Waals surface area contributed by atoms with Gasteiger partial charge in [-0.25, -0.2) is 13.1 Å². The standard InChI is InChI=1S/C12H22N2O2S2/c1-9(2)7-12(4,8-13)14-18(15,16)11-6-5-10(3)17-11/h5-6,9,14H,7-8,13H2,1-4H3/t12-/m1/s1. The molecule has 0 radical (unpaired) electrons. The quantitative estimate of drug-likeness (QED) is 0.842. The minimum atomic E-state index is -3.47. The SMILES string of the molecule is Cc1ccc(S(=O)(=O)N[C@@](C)(CN)CC(C)C)s1. The van der Waals surface area contributed by atoms with E-state index in [0.717, 1.165) is 4.88 Å². The van der Waals surface area contributed by atoms with Gasteiger partial charge in [0, 0.05) is 17.0 Å². The molecule has 1 aromatic heterocycles. The maximum absolute atomic E-state index is 12.2. The summed E-state index contributed by atoms with van der Waals surface area (Å²) in [4.78, 5) is 0.980. The predicted octanol–water partition coefficient (Wildman–Crippen LogP) is 2.10. The van der Waals surface area contributed by atoms with Crippen LogP contribution in [0.1, 0.15) is 32.1 Å². The zero-order chi connectivity index (χ0) is 14.0. The van der Waals surface area contributed by atoms with Crippen LogP contribution in [0.3, 0.4) is 0 Å². The Morgan fingerprint density at radius 3 is 2.44 bits per heavy atom. The van der Waals surface area contributed by atoms with Gasteiger partial charge in [-0.15, -0.1) is 11.3 Å². The van der Waals surface area contributed by atoms with Crippen molar-refractivity contribution in [1.82, 2.24) is 4.72 Å². The van der Waals surface area contributed by atoms with E-state index in [1.807, 2.05) is 19.9 Å². The number of nitrogens with one attached hydrogen (secondary N) is 1. The molecule has 1 heterocycles. The van der Waals surface area contributed by atoms with Crippen LogP contribution >= 0.6 is 11.3 Å². The van der Waals surface area contributed by atoms with Gasteiger partial charge in [-0.2, -0.15) is 0 Å². The molecule has 0 saturated carbocycles. The molecule has 0 saturated heterocycles. The van der Waals surface area contributed by atoms with E-state index < -0.39 is 15.6 Å². The zero-order valence-electron chi connectivity index (χ0n) is 11.4. The predicted molar refractivity (Wildman–Crippen MR) is 76.3 cm³/mol. The normalized spacial score (nSPS) is 15.9. The lowest BCUT2D eigenvalue weighted by atomic mass is 9.92. The second-order valence-corrected chi connectivity index (χ2v) is 8.53. The lowest BCUT2D eigenvalue weighted by molar-refractivity contribution is 0.345. The van der Waals surface area contributed by atoms with Gasteiger partial charge in [-0.05, 0) is 38.3 Å². The van der Waals surface area contributed by atoms with Crippen molar-refractivity contribution in [3.63, 3.8) is 0 Å². The van der Waals surface area contributed by atoms with E-state index in [1.54, 1.807) is 6.07 Å². The van der Waals surface area contributed by atoms with Gasteiger partial charge in [-0.3, -0.25) is 0 Å². The molecule has 1 rings (SSSR count). The highest BCUT2D eigenvalue weighted by Gasteiger charge is 2.30. The first-order chi connectivity index (χ1) is 8.18. The molecular formula is C12H22N2O2S2. The van der Waals surface area contributed by atoms with Crippen molar-refractivity contribution < 1.29 is 8.42 Å². The van der Waals surface area contributed by atoms with Crippen LogP contribution in [0.2, 0.25) is 0 Å². The van der Waals surface area contributed by atoms with E-state index in [9.17, 15) is 8.42 Å². The van der Waals surface area contributed by atoms with Gasteiger partial charge in [0.2, 0.25) is 0 Å². The lowest BCUT2D eigenvalue weighted by Crippen LogP contribution is -2.51. The molecule has 6 heteroatoms. The van der Waals surface area contributed by atoms with Crippen LogP contribution in [-0.4, -0.2) is 20.5 Å². The molecule has 1 aromatic rings. The monoisotopic (exact) mass is 290 g/mol. The Balaban J connectivity index is 2.94. The summed E-state index contributed by atoms with van der Waals surface area (Å²) >= 11 is 1.27. The van der Waals surface area contributed by atoms with E-state index in [1.165, 1.54) is 11.3 Å². The fraction of sp³-hybridized carbons (Fsp3) is 0.667. The minimum Gasteiger partial charge on any atom is -0.329 e. The van der Waals surface area contributed by atoms with Gasteiger partial charge in [0.15, 0.2) is 0 Å². The van der Waals surface area contributed by atoms with E-state index in [2.05, 4.69) is 18.6 Å². The van der Waals surface area contributed by atoms with Crippen molar-refractivity contribution in [2.24, 2.45) is 11.7 Å². The van der Waals surface area contributed by atoms with E-state index in [4.69, 9.17) is 5.73 Å². The van der Waals surface area contributed by atoms with Crippen molar-refractivity contribution in [3.05, 3.63) is 17.0 Å². The van der Waals surface area contributed by atoms with Crippen molar-refractivity contribution in [2.45, 2.75) is 43.9 Å². The molecule has 104 valence electrons. The van der Waals surface area contributed by atoms with Crippen molar-refractivity contribution >= 4 is 21.4 Å². The molecule has 0 fully saturated rings. The Morgan fingerprint density at radius 2 is 2.06 bits per heavy atom. The van der Waals surface area contributed by atoms with Crippen LogP contribution in [-0.2, 0) is 10.0 Å². The summed E-state index contributed by atoms with van der Waals surface area (Å²) in [7, 11) is -3.47. The zero-order valence-corrected chi connectivity index (χ0v) is 13.0. The first-order valence-electron chi connectivity index (χ1n) is 5.99. The first-order valence-corrected chi connectivity index (χ1v) is 8.29. The molecule has 0 spiro atoms. The van der Waals surface area contributed by atoms with E-state index in [-0.39, 0.29) is 6.54 Å². The molecule has 3 N–H and O–H groups in total. The topological polar surface area (TPSA) is 72.2 Å². The molecule has 0 aliphatic heterocycles. The molecule has 4 nitrogen and oxygen atoms in total. The summed E-state index contributed by atoms with van der Waals surface area (Å²) in [6.07, 6.45) is 0.715. The molecular weight excluding hydrogens is 268 g/mol. The van der Waals surface area contributed by atoms with Crippen LogP contribution in [0.4, 0.5) is 0 Å². The highest BCUT2D eigenvalue weighted by atomic mass is 32.2. The fourth-order valence-electron chi connectivity index (χ4n) is 2.00. The summed E-state index contributed by atoms with van der Waals surface area (Å²) in [5.74, 6) is 0.381. The summed E-state index contributed by atoms with van der Waals surface area (Å²) in [5, 5.41) is 0. The van der Waals surface area contributed by atoms with E-state index >= 15 is 0 Å². The summed E-state index contributed by atoms with van der Waals surface area (Å²) in [6.45, 7) is 8.13. The maximum atomic E-state index is 12.2. The Bertz CT molecular complexity index is 494. The fourth-order valence-corrected chi connectivity index (χ4v) is 4.71. The van der Waals surface area contributed by atoms with Gasteiger partial charge < -0.3 is 5.73 Å². The molecule has 18 heavy (non-hydrogen) atoms. The molecule has 0 unspecified atom stereocenters. The molecule has 1 atom stereocenters. The van der Waals surface area contributed by atoms with Gasteiger partial charge >= 0.3 is 0 Å². The first kappa shape index (κ1) is 15.6. The summed E-state index contributed by atoms with van der Waals surface area (Å²) < 4.78 is 27.6. The van der Waals surface area contributed by atoms with Crippen LogP contribution < -0.4 is 10.5 Å². The molecule has 0 aliphatic carbocycles. The Morgan fingerprint density at radius 1 is 1.44 bits per heavy atom. The van der Waals surface area contributed by atoms with Gasteiger partial charge in [-0.1, -0.05) is 13.8 Å². The maximum Gasteiger partial charge on any atom is 0.250 e. The number of aryl methyl sites for hydroxylation is 1. The third-order valence-corrected chi connectivity index (χ3v) is 5.80.